The van der Waals surface area contributed by atoms with Gasteiger partial charge in [0.2, 0.25) is 0 Å². The molecule has 5 heteroatoms. The lowest BCUT2D eigenvalue weighted by Gasteiger charge is -2.11. The molecule has 0 aliphatic rings. The fraction of sp³-hybridized carbons (Fsp3) is 0.385. The van der Waals surface area contributed by atoms with Crippen molar-refractivity contribution in [1.29, 1.82) is 0 Å². The number of esters is 1. The summed E-state index contributed by atoms with van der Waals surface area (Å²) >= 11 is 1.58. The standard InChI is InChI=1S/C13H16N2O2S/c1-3-6-14-11-9(13(16)17-4-2)8-15-10-5-7-18-12(10)11/h5,7-8H,3-4,6H2,1-2H3,(H,14,15). The number of nitrogens with one attached hydrogen (secondary N) is 1. The Morgan fingerprint density at radius 2 is 2.33 bits per heavy atom. The van der Waals surface area contributed by atoms with Crippen LogP contribution in [0.2, 0.25) is 0 Å². The Balaban J connectivity index is 2.46. The first-order valence-corrected chi connectivity index (χ1v) is 6.93. The van der Waals surface area contributed by atoms with E-state index in [9.17, 15) is 4.79 Å². The van der Waals surface area contributed by atoms with Crippen LogP contribution in [0.4, 0.5) is 5.69 Å². The highest BCUT2D eigenvalue weighted by atomic mass is 32.1. The molecule has 0 aromatic carbocycles. The lowest BCUT2D eigenvalue weighted by molar-refractivity contribution is 0.0527. The van der Waals surface area contributed by atoms with E-state index in [0.717, 1.165) is 28.9 Å². The van der Waals surface area contributed by atoms with Crippen LogP contribution in [0.15, 0.2) is 17.6 Å². The number of thiophene rings is 1. The fourth-order valence-corrected chi connectivity index (χ4v) is 2.58. The van der Waals surface area contributed by atoms with E-state index in [1.54, 1.807) is 24.5 Å². The molecule has 0 amide bonds. The van der Waals surface area contributed by atoms with Crippen molar-refractivity contribution in [2.24, 2.45) is 0 Å². The van der Waals surface area contributed by atoms with Gasteiger partial charge in [0.25, 0.3) is 0 Å². The number of pyridine rings is 1. The summed E-state index contributed by atoms with van der Waals surface area (Å²) in [6, 6.07) is 1.95. The molecule has 0 aliphatic heterocycles. The summed E-state index contributed by atoms with van der Waals surface area (Å²) in [4.78, 5) is 16.2. The quantitative estimate of drug-likeness (QED) is 0.842. The average molecular weight is 264 g/mol. The number of fused-ring (bicyclic) bond motifs is 1. The highest BCUT2D eigenvalue weighted by Crippen LogP contribution is 2.30. The summed E-state index contributed by atoms with van der Waals surface area (Å²) in [5.74, 6) is -0.320. The molecule has 2 heterocycles. The summed E-state index contributed by atoms with van der Waals surface area (Å²) in [7, 11) is 0. The first-order valence-electron chi connectivity index (χ1n) is 6.05. The third-order valence-electron chi connectivity index (χ3n) is 2.52. The Labute approximate surface area is 110 Å². The summed E-state index contributed by atoms with van der Waals surface area (Å²) in [5, 5.41) is 5.28. The first-order chi connectivity index (χ1) is 8.77. The van der Waals surface area contributed by atoms with Crippen LogP contribution in [-0.2, 0) is 4.74 Å². The second-order valence-electron chi connectivity index (χ2n) is 3.83. The Bertz CT molecular complexity index is 551. The molecule has 0 radical (unpaired) electrons. The summed E-state index contributed by atoms with van der Waals surface area (Å²) in [6.07, 6.45) is 2.59. The van der Waals surface area contributed by atoms with E-state index in [0.29, 0.717) is 12.2 Å². The number of hydrogen-bond acceptors (Lipinski definition) is 5. The van der Waals surface area contributed by atoms with Crippen molar-refractivity contribution in [2.45, 2.75) is 20.3 Å². The van der Waals surface area contributed by atoms with Crippen molar-refractivity contribution in [1.82, 2.24) is 4.98 Å². The average Bonchev–Trinajstić information content (AvgIpc) is 2.84. The number of ether oxygens (including phenoxy) is 1. The maximum Gasteiger partial charge on any atom is 0.341 e. The van der Waals surface area contributed by atoms with Crippen LogP contribution in [0.25, 0.3) is 10.2 Å². The van der Waals surface area contributed by atoms with Crippen molar-refractivity contribution in [3.63, 3.8) is 0 Å². The maximum atomic E-state index is 11.9. The van der Waals surface area contributed by atoms with E-state index in [-0.39, 0.29) is 5.97 Å². The van der Waals surface area contributed by atoms with Gasteiger partial charge in [0, 0.05) is 12.7 Å². The third-order valence-corrected chi connectivity index (χ3v) is 3.44. The van der Waals surface area contributed by atoms with Gasteiger partial charge in [0.15, 0.2) is 0 Å². The number of rotatable bonds is 5. The monoisotopic (exact) mass is 264 g/mol. The van der Waals surface area contributed by atoms with Gasteiger partial charge in [-0.1, -0.05) is 6.92 Å². The smallest absolute Gasteiger partial charge is 0.341 e. The van der Waals surface area contributed by atoms with E-state index in [1.165, 1.54) is 0 Å². The summed E-state index contributed by atoms with van der Waals surface area (Å²) < 4.78 is 6.07. The van der Waals surface area contributed by atoms with E-state index in [2.05, 4.69) is 17.2 Å². The zero-order chi connectivity index (χ0) is 13.0. The number of carbonyl (C=O) groups is 1. The van der Waals surface area contributed by atoms with Gasteiger partial charge >= 0.3 is 5.97 Å². The molecule has 1 N–H and O–H groups in total. The second-order valence-corrected chi connectivity index (χ2v) is 4.75. The SMILES string of the molecule is CCCNc1c(C(=O)OCC)cnc2ccsc12. The van der Waals surface area contributed by atoms with Crippen LogP contribution in [-0.4, -0.2) is 24.1 Å². The van der Waals surface area contributed by atoms with Crippen LogP contribution in [0.1, 0.15) is 30.6 Å². The van der Waals surface area contributed by atoms with Crippen molar-refractivity contribution >= 4 is 33.2 Å². The van der Waals surface area contributed by atoms with Crippen LogP contribution in [0, 0.1) is 0 Å². The highest BCUT2D eigenvalue weighted by molar-refractivity contribution is 7.17. The number of nitrogens with zero attached hydrogens (tertiary/aromatic N) is 1. The lowest BCUT2D eigenvalue weighted by Crippen LogP contribution is -2.11. The molecule has 2 aromatic rings. The minimum absolute atomic E-state index is 0.320. The number of aromatic nitrogens is 1. The number of anilines is 1. The molecule has 0 bridgehead atoms. The van der Waals surface area contributed by atoms with Gasteiger partial charge in [0.1, 0.15) is 5.56 Å². The van der Waals surface area contributed by atoms with E-state index in [4.69, 9.17) is 4.74 Å². The molecular weight excluding hydrogens is 248 g/mol. The topological polar surface area (TPSA) is 51.2 Å². The van der Waals surface area contributed by atoms with Gasteiger partial charge in [-0.15, -0.1) is 11.3 Å². The molecule has 4 nitrogen and oxygen atoms in total. The highest BCUT2D eigenvalue weighted by Gasteiger charge is 2.16. The Hall–Kier alpha value is -1.62. The zero-order valence-electron chi connectivity index (χ0n) is 10.5. The predicted octanol–water partition coefficient (Wildman–Crippen LogP) is 3.29. The van der Waals surface area contributed by atoms with Crippen molar-refractivity contribution in [3.05, 3.63) is 23.2 Å². The molecule has 0 saturated heterocycles. The number of carbonyl (C=O) groups excluding carboxylic acids is 1. The molecule has 0 spiro atoms. The maximum absolute atomic E-state index is 11.9. The van der Waals surface area contributed by atoms with Crippen LogP contribution >= 0.6 is 11.3 Å². The predicted molar refractivity (Wildman–Crippen MR) is 74.4 cm³/mol. The molecule has 0 saturated carbocycles. The van der Waals surface area contributed by atoms with Crippen molar-refractivity contribution < 1.29 is 9.53 Å². The third kappa shape index (κ3) is 2.46. The molecule has 0 atom stereocenters. The van der Waals surface area contributed by atoms with Crippen LogP contribution in [0.5, 0.6) is 0 Å². The largest absolute Gasteiger partial charge is 0.462 e. The fourth-order valence-electron chi connectivity index (χ4n) is 1.70. The van der Waals surface area contributed by atoms with E-state index >= 15 is 0 Å². The van der Waals surface area contributed by atoms with Gasteiger partial charge in [-0.2, -0.15) is 0 Å². The normalized spacial score (nSPS) is 10.6. The summed E-state index contributed by atoms with van der Waals surface area (Å²) in [5.41, 5.74) is 2.27. The Morgan fingerprint density at radius 1 is 1.50 bits per heavy atom. The molecule has 2 rings (SSSR count). The molecule has 0 aliphatic carbocycles. The zero-order valence-corrected chi connectivity index (χ0v) is 11.3. The van der Waals surface area contributed by atoms with E-state index < -0.39 is 0 Å². The first kappa shape index (κ1) is 12.8. The molecular formula is C13H16N2O2S. The Kier molecular flexibility index (Phi) is 4.15. The van der Waals surface area contributed by atoms with Crippen LogP contribution < -0.4 is 5.32 Å². The second kappa shape index (κ2) is 5.82. The van der Waals surface area contributed by atoms with Gasteiger partial charge < -0.3 is 10.1 Å². The minimum Gasteiger partial charge on any atom is -0.462 e. The minimum atomic E-state index is -0.320. The van der Waals surface area contributed by atoms with Gasteiger partial charge in [-0.3, -0.25) is 4.98 Å². The number of hydrogen-bond donors (Lipinski definition) is 1. The van der Waals surface area contributed by atoms with Crippen LogP contribution in [0.3, 0.4) is 0 Å². The lowest BCUT2D eigenvalue weighted by atomic mass is 10.2. The van der Waals surface area contributed by atoms with E-state index in [1.807, 2.05) is 11.4 Å². The summed E-state index contributed by atoms with van der Waals surface area (Å²) in [6.45, 7) is 5.08. The van der Waals surface area contributed by atoms with Gasteiger partial charge in [-0.05, 0) is 24.8 Å². The van der Waals surface area contributed by atoms with Gasteiger partial charge in [-0.25, -0.2) is 4.79 Å². The molecule has 96 valence electrons. The van der Waals surface area contributed by atoms with Crippen molar-refractivity contribution in [3.8, 4) is 0 Å². The molecule has 2 aromatic heterocycles. The molecule has 18 heavy (non-hydrogen) atoms. The van der Waals surface area contributed by atoms with Gasteiger partial charge in [0.05, 0.1) is 22.5 Å². The Morgan fingerprint density at radius 3 is 3.06 bits per heavy atom. The van der Waals surface area contributed by atoms with Crippen molar-refractivity contribution in [2.75, 3.05) is 18.5 Å². The molecule has 0 fully saturated rings. The molecule has 0 unspecified atom stereocenters.